The van der Waals surface area contributed by atoms with Crippen molar-refractivity contribution in [2.75, 3.05) is 0 Å². The molecule has 2 N–H and O–H groups in total. The molecule has 0 saturated heterocycles. The van der Waals surface area contributed by atoms with Gasteiger partial charge in [-0.15, -0.1) is 0 Å². The fourth-order valence-electron chi connectivity index (χ4n) is 1.55. The van der Waals surface area contributed by atoms with Gasteiger partial charge in [-0.05, 0) is 24.3 Å². The molecule has 0 fully saturated rings. The molecule has 20 heavy (non-hydrogen) atoms. The molecule has 0 aromatic heterocycles. The quantitative estimate of drug-likeness (QED) is 0.655. The number of carbonyl (C=O) groups is 1. The van der Waals surface area contributed by atoms with Gasteiger partial charge >= 0.3 is 5.97 Å². The lowest BCUT2D eigenvalue weighted by atomic mass is 10.2. The minimum Gasteiger partial charge on any atom is -0.507 e. The van der Waals surface area contributed by atoms with Crippen molar-refractivity contribution in [2.45, 2.75) is 0 Å². The summed E-state index contributed by atoms with van der Waals surface area (Å²) in [7, 11) is 0. The summed E-state index contributed by atoms with van der Waals surface area (Å²) in [6.45, 7) is 0. The van der Waals surface area contributed by atoms with Gasteiger partial charge < -0.3 is 14.9 Å². The van der Waals surface area contributed by atoms with E-state index >= 15 is 0 Å². The number of hydrogen-bond donors (Lipinski definition) is 2. The van der Waals surface area contributed by atoms with Crippen LogP contribution in [0.2, 0.25) is 0 Å². The molecule has 0 radical (unpaired) electrons. The summed E-state index contributed by atoms with van der Waals surface area (Å²) in [6, 6.07) is 9.15. The van der Waals surface area contributed by atoms with Crippen LogP contribution in [0.15, 0.2) is 42.5 Å². The van der Waals surface area contributed by atoms with Crippen LogP contribution in [0.1, 0.15) is 10.4 Å². The van der Waals surface area contributed by atoms with Crippen molar-refractivity contribution in [3.05, 3.63) is 58.1 Å². The predicted octanol–water partition coefficient (Wildman–Crippen LogP) is 2.79. The Hall–Kier alpha value is -3.09. The Balaban J connectivity index is 2.30. The number of ether oxygens (including phenoxy) is 1. The van der Waals surface area contributed by atoms with Gasteiger partial charge in [-0.25, -0.2) is 4.79 Å². The van der Waals surface area contributed by atoms with Crippen LogP contribution < -0.4 is 4.74 Å². The fraction of sp³-hybridized carbons (Fsp3) is 0. The van der Waals surface area contributed by atoms with Crippen LogP contribution >= 0.6 is 0 Å². The second kappa shape index (κ2) is 5.27. The Bertz CT molecular complexity index is 682. The molecule has 0 spiro atoms. The molecule has 2 rings (SSSR count). The molecular weight excluding hydrogens is 266 g/mol. The normalized spacial score (nSPS) is 10.0. The third-order valence-corrected chi connectivity index (χ3v) is 2.46. The fourth-order valence-corrected chi connectivity index (χ4v) is 1.55. The van der Waals surface area contributed by atoms with Crippen LogP contribution in [0.25, 0.3) is 0 Å². The van der Waals surface area contributed by atoms with Crippen molar-refractivity contribution < 1.29 is 24.7 Å². The molecule has 0 aliphatic rings. The van der Waals surface area contributed by atoms with E-state index in [9.17, 15) is 20.0 Å². The molecule has 7 heteroatoms. The third kappa shape index (κ3) is 2.83. The summed E-state index contributed by atoms with van der Waals surface area (Å²) >= 11 is 0. The Labute approximate surface area is 112 Å². The highest BCUT2D eigenvalue weighted by Crippen LogP contribution is 2.28. The predicted molar refractivity (Wildman–Crippen MR) is 68.2 cm³/mol. The Morgan fingerprint density at radius 1 is 1.15 bits per heavy atom. The van der Waals surface area contributed by atoms with Crippen molar-refractivity contribution in [1.82, 2.24) is 0 Å². The average Bonchev–Trinajstić information content (AvgIpc) is 2.41. The maximum Gasteiger partial charge on any atom is 0.339 e. The molecule has 102 valence electrons. The summed E-state index contributed by atoms with van der Waals surface area (Å²) in [6.07, 6.45) is 0. The van der Waals surface area contributed by atoms with Crippen molar-refractivity contribution >= 4 is 11.7 Å². The highest BCUT2D eigenvalue weighted by atomic mass is 16.6. The Morgan fingerprint density at radius 2 is 1.85 bits per heavy atom. The molecule has 0 bridgehead atoms. The second-order valence-electron chi connectivity index (χ2n) is 3.84. The minimum atomic E-state index is -1.30. The second-order valence-corrected chi connectivity index (χ2v) is 3.84. The number of non-ortho nitro benzene ring substituents is 1. The smallest absolute Gasteiger partial charge is 0.339 e. The first-order chi connectivity index (χ1) is 9.47. The molecule has 2 aromatic rings. The molecule has 0 atom stereocenters. The molecular formula is C13H9NO6. The van der Waals surface area contributed by atoms with Gasteiger partial charge in [0, 0.05) is 6.07 Å². The van der Waals surface area contributed by atoms with Gasteiger partial charge in [-0.3, -0.25) is 10.1 Å². The Morgan fingerprint density at radius 3 is 2.50 bits per heavy atom. The van der Waals surface area contributed by atoms with Crippen molar-refractivity contribution in [3.8, 4) is 17.2 Å². The van der Waals surface area contributed by atoms with E-state index in [1.807, 2.05) is 0 Å². The van der Waals surface area contributed by atoms with Crippen molar-refractivity contribution in [2.24, 2.45) is 0 Å². The zero-order chi connectivity index (χ0) is 14.7. The summed E-state index contributed by atoms with van der Waals surface area (Å²) in [5.74, 6) is -1.34. The monoisotopic (exact) mass is 275 g/mol. The number of phenols is 1. The van der Waals surface area contributed by atoms with Crippen molar-refractivity contribution in [1.29, 1.82) is 0 Å². The molecule has 0 amide bonds. The number of rotatable bonds is 4. The number of carboxylic acids is 1. The van der Waals surface area contributed by atoms with Crippen LogP contribution in [-0.2, 0) is 0 Å². The number of hydrogen-bond acceptors (Lipinski definition) is 5. The zero-order valence-electron chi connectivity index (χ0n) is 10.0. The van der Waals surface area contributed by atoms with E-state index in [0.717, 1.165) is 6.07 Å². The van der Waals surface area contributed by atoms with Gasteiger partial charge in [0.15, 0.2) is 0 Å². The van der Waals surface area contributed by atoms with Gasteiger partial charge in [-0.2, -0.15) is 0 Å². The molecule has 0 unspecified atom stereocenters. The highest BCUT2D eigenvalue weighted by molar-refractivity contribution is 5.91. The van der Waals surface area contributed by atoms with E-state index in [4.69, 9.17) is 9.84 Å². The first kappa shape index (κ1) is 13.3. The van der Waals surface area contributed by atoms with Gasteiger partial charge in [0.2, 0.25) is 0 Å². The van der Waals surface area contributed by atoms with E-state index in [-0.39, 0.29) is 28.5 Å². The average molecular weight is 275 g/mol. The molecule has 0 heterocycles. The lowest BCUT2D eigenvalue weighted by Crippen LogP contribution is -1.97. The summed E-state index contributed by atoms with van der Waals surface area (Å²) in [5.41, 5.74) is -0.451. The lowest BCUT2D eigenvalue weighted by Gasteiger charge is -2.07. The number of nitro benzene ring substituents is 1. The van der Waals surface area contributed by atoms with E-state index in [1.165, 1.54) is 36.4 Å². The largest absolute Gasteiger partial charge is 0.507 e. The topological polar surface area (TPSA) is 110 Å². The molecule has 0 aliphatic heterocycles. The van der Waals surface area contributed by atoms with E-state index < -0.39 is 10.9 Å². The number of aromatic carboxylic acids is 1. The summed E-state index contributed by atoms with van der Waals surface area (Å²) in [5, 5.41) is 28.9. The van der Waals surface area contributed by atoms with Gasteiger partial charge in [0.05, 0.1) is 11.0 Å². The van der Waals surface area contributed by atoms with Crippen LogP contribution in [0, 0.1) is 10.1 Å². The molecule has 2 aromatic carbocycles. The van der Waals surface area contributed by atoms with E-state index in [2.05, 4.69) is 0 Å². The molecule has 0 aliphatic carbocycles. The minimum absolute atomic E-state index is 0.139. The maximum atomic E-state index is 10.9. The first-order valence-electron chi connectivity index (χ1n) is 5.46. The molecule has 0 saturated carbocycles. The number of nitrogens with zero attached hydrogens (tertiary/aromatic N) is 1. The number of benzene rings is 2. The van der Waals surface area contributed by atoms with Gasteiger partial charge in [0.25, 0.3) is 5.69 Å². The van der Waals surface area contributed by atoms with Crippen LogP contribution in [0.5, 0.6) is 17.2 Å². The highest BCUT2D eigenvalue weighted by Gasteiger charge is 2.12. The zero-order valence-corrected chi connectivity index (χ0v) is 10.0. The van der Waals surface area contributed by atoms with Crippen LogP contribution in [0.4, 0.5) is 5.69 Å². The van der Waals surface area contributed by atoms with Crippen LogP contribution in [0.3, 0.4) is 0 Å². The van der Waals surface area contributed by atoms with Crippen molar-refractivity contribution in [3.63, 3.8) is 0 Å². The summed E-state index contributed by atoms with van der Waals surface area (Å²) < 4.78 is 5.34. The maximum absolute atomic E-state index is 10.9. The Kier molecular flexibility index (Phi) is 3.52. The summed E-state index contributed by atoms with van der Waals surface area (Å²) in [4.78, 5) is 20.9. The number of nitro groups is 1. The standard InChI is InChI=1S/C13H9NO6/c15-12-5-4-10(7-11(12)13(16)17)20-9-3-1-2-8(6-9)14(18)19/h1-7,15H,(H,16,17). The number of carboxylic acid groups (broad SMARTS) is 1. The lowest BCUT2D eigenvalue weighted by molar-refractivity contribution is -0.384. The molecule has 7 nitrogen and oxygen atoms in total. The van der Waals surface area contributed by atoms with Crippen LogP contribution in [-0.4, -0.2) is 21.1 Å². The van der Waals surface area contributed by atoms with E-state index in [1.54, 1.807) is 0 Å². The SMILES string of the molecule is O=C(O)c1cc(Oc2cccc([N+](=O)[O-])c2)ccc1O. The van der Waals surface area contributed by atoms with E-state index in [0.29, 0.717) is 0 Å². The third-order valence-electron chi connectivity index (χ3n) is 2.46. The van der Waals surface area contributed by atoms with Gasteiger partial charge in [-0.1, -0.05) is 6.07 Å². The van der Waals surface area contributed by atoms with Gasteiger partial charge in [0.1, 0.15) is 22.8 Å². The first-order valence-corrected chi connectivity index (χ1v) is 5.46. The number of aromatic hydroxyl groups is 1.